The summed E-state index contributed by atoms with van der Waals surface area (Å²) in [6.07, 6.45) is 0.193. The Labute approximate surface area is 100.0 Å². The fraction of sp³-hybridized carbons (Fsp3) is 0.700. The molecule has 2 amide bonds. The summed E-state index contributed by atoms with van der Waals surface area (Å²) in [7, 11) is 1.50. The Morgan fingerprint density at radius 3 is 2.65 bits per heavy atom. The van der Waals surface area contributed by atoms with Gasteiger partial charge in [0.05, 0.1) is 19.1 Å². The minimum Gasteiger partial charge on any atom is -0.480 e. The van der Waals surface area contributed by atoms with Crippen LogP contribution in [-0.2, 0) is 9.53 Å². The van der Waals surface area contributed by atoms with Crippen molar-refractivity contribution < 1.29 is 19.4 Å². The van der Waals surface area contributed by atoms with E-state index in [9.17, 15) is 9.59 Å². The molecule has 0 aliphatic heterocycles. The number of carboxylic acid groups (broad SMARTS) is 1. The second kappa shape index (κ2) is 8.35. The Morgan fingerprint density at radius 2 is 2.18 bits per heavy atom. The van der Waals surface area contributed by atoms with Gasteiger partial charge in [0.25, 0.3) is 0 Å². The standard InChI is InChI=1S/C10H17N3O4/c1-8(9(14)15)12-10(16)13(5-3-4-11)6-7-17-2/h8H,3,5-7H2,1-2H3,(H,12,16)(H,14,15)/t8-/m0/s1. The van der Waals surface area contributed by atoms with E-state index >= 15 is 0 Å². The van der Waals surface area contributed by atoms with Gasteiger partial charge in [-0.25, -0.2) is 4.79 Å². The summed E-state index contributed by atoms with van der Waals surface area (Å²) in [6.45, 7) is 2.27. The Morgan fingerprint density at radius 1 is 1.53 bits per heavy atom. The SMILES string of the molecule is COCCN(CCC#N)C(=O)N[C@@H](C)C(=O)O. The molecule has 0 radical (unpaired) electrons. The molecule has 7 nitrogen and oxygen atoms in total. The van der Waals surface area contributed by atoms with E-state index in [1.165, 1.54) is 18.9 Å². The number of amides is 2. The fourth-order valence-electron chi connectivity index (χ4n) is 1.04. The maximum absolute atomic E-state index is 11.7. The number of methoxy groups -OCH3 is 1. The summed E-state index contributed by atoms with van der Waals surface area (Å²) < 4.78 is 4.83. The van der Waals surface area contributed by atoms with Gasteiger partial charge in [0.15, 0.2) is 0 Å². The molecular weight excluding hydrogens is 226 g/mol. The lowest BCUT2D eigenvalue weighted by atomic mass is 10.3. The first kappa shape index (κ1) is 15.2. The van der Waals surface area contributed by atoms with Crippen molar-refractivity contribution in [2.45, 2.75) is 19.4 Å². The van der Waals surface area contributed by atoms with Gasteiger partial charge in [-0.1, -0.05) is 0 Å². The van der Waals surface area contributed by atoms with Crippen molar-refractivity contribution in [1.29, 1.82) is 5.26 Å². The van der Waals surface area contributed by atoms with Gasteiger partial charge in [0, 0.05) is 20.2 Å². The zero-order valence-corrected chi connectivity index (χ0v) is 9.97. The molecule has 0 heterocycles. The number of ether oxygens (including phenoxy) is 1. The molecule has 96 valence electrons. The highest BCUT2D eigenvalue weighted by molar-refractivity contribution is 5.82. The molecule has 1 atom stereocenters. The van der Waals surface area contributed by atoms with E-state index in [0.29, 0.717) is 13.2 Å². The molecule has 0 aromatic rings. The van der Waals surface area contributed by atoms with E-state index in [1.807, 2.05) is 6.07 Å². The van der Waals surface area contributed by atoms with Crippen molar-refractivity contribution in [3.05, 3.63) is 0 Å². The highest BCUT2D eigenvalue weighted by Crippen LogP contribution is 1.94. The molecule has 17 heavy (non-hydrogen) atoms. The Hall–Kier alpha value is -1.81. The van der Waals surface area contributed by atoms with Gasteiger partial charge in [0.1, 0.15) is 6.04 Å². The van der Waals surface area contributed by atoms with Gasteiger partial charge in [-0.05, 0) is 6.92 Å². The Balaban J connectivity index is 4.30. The molecule has 0 aliphatic carbocycles. The molecule has 2 N–H and O–H groups in total. The minimum absolute atomic E-state index is 0.193. The third-order valence-electron chi connectivity index (χ3n) is 2.06. The predicted octanol–water partition coefficient (Wildman–Crippen LogP) is 0.0312. The molecule has 0 fully saturated rings. The molecule has 7 heteroatoms. The summed E-state index contributed by atoms with van der Waals surface area (Å²) in [5, 5.41) is 19.4. The van der Waals surface area contributed by atoms with Crippen LogP contribution in [0, 0.1) is 11.3 Å². The van der Waals surface area contributed by atoms with Gasteiger partial charge < -0.3 is 20.1 Å². The molecule has 0 aliphatic rings. The van der Waals surface area contributed by atoms with Crippen LogP contribution in [0.15, 0.2) is 0 Å². The molecule has 0 saturated carbocycles. The van der Waals surface area contributed by atoms with E-state index in [-0.39, 0.29) is 13.0 Å². The van der Waals surface area contributed by atoms with Crippen LogP contribution in [0.25, 0.3) is 0 Å². The lowest BCUT2D eigenvalue weighted by molar-refractivity contribution is -0.138. The van der Waals surface area contributed by atoms with Gasteiger partial charge >= 0.3 is 12.0 Å². The normalized spacial score (nSPS) is 11.4. The third kappa shape index (κ3) is 6.37. The average molecular weight is 243 g/mol. The number of nitrogens with zero attached hydrogens (tertiary/aromatic N) is 2. The molecule has 0 saturated heterocycles. The number of nitrogens with one attached hydrogen (secondary N) is 1. The van der Waals surface area contributed by atoms with Crippen LogP contribution in [0.5, 0.6) is 0 Å². The molecule has 0 rings (SSSR count). The minimum atomic E-state index is -1.11. The van der Waals surface area contributed by atoms with Crippen molar-refractivity contribution in [3.63, 3.8) is 0 Å². The highest BCUT2D eigenvalue weighted by atomic mass is 16.5. The second-order valence-corrected chi connectivity index (χ2v) is 3.40. The average Bonchev–Trinajstić information content (AvgIpc) is 2.28. The molecular formula is C10H17N3O4. The summed E-state index contributed by atoms with van der Waals surface area (Å²) >= 11 is 0. The first-order valence-electron chi connectivity index (χ1n) is 5.17. The van der Waals surface area contributed by atoms with Crippen LogP contribution in [-0.4, -0.2) is 54.9 Å². The van der Waals surface area contributed by atoms with E-state index in [0.717, 1.165) is 0 Å². The van der Waals surface area contributed by atoms with Crippen LogP contribution in [0.4, 0.5) is 4.79 Å². The Bertz CT molecular complexity index is 300. The third-order valence-corrected chi connectivity index (χ3v) is 2.06. The lowest BCUT2D eigenvalue weighted by Gasteiger charge is -2.22. The highest BCUT2D eigenvalue weighted by Gasteiger charge is 2.18. The van der Waals surface area contributed by atoms with E-state index in [1.54, 1.807) is 0 Å². The van der Waals surface area contributed by atoms with Crippen LogP contribution in [0.2, 0.25) is 0 Å². The molecule has 0 spiro atoms. The van der Waals surface area contributed by atoms with Crippen molar-refractivity contribution in [2.24, 2.45) is 0 Å². The van der Waals surface area contributed by atoms with E-state index in [2.05, 4.69) is 5.32 Å². The van der Waals surface area contributed by atoms with Crippen molar-refractivity contribution >= 4 is 12.0 Å². The van der Waals surface area contributed by atoms with Crippen molar-refractivity contribution in [2.75, 3.05) is 26.8 Å². The number of carbonyl (C=O) groups excluding carboxylic acids is 1. The van der Waals surface area contributed by atoms with Gasteiger partial charge in [-0.2, -0.15) is 5.26 Å². The van der Waals surface area contributed by atoms with Crippen molar-refractivity contribution in [1.82, 2.24) is 10.2 Å². The summed E-state index contributed by atoms with van der Waals surface area (Å²) in [4.78, 5) is 23.6. The first-order chi connectivity index (χ1) is 8.02. The predicted molar refractivity (Wildman–Crippen MR) is 59.3 cm³/mol. The topological polar surface area (TPSA) is 103 Å². The zero-order chi connectivity index (χ0) is 13.3. The van der Waals surface area contributed by atoms with E-state index < -0.39 is 18.0 Å². The number of rotatable bonds is 7. The quantitative estimate of drug-likeness (QED) is 0.656. The fourth-order valence-corrected chi connectivity index (χ4v) is 1.04. The van der Waals surface area contributed by atoms with Crippen LogP contribution >= 0.6 is 0 Å². The monoisotopic (exact) mass is 243 g/mol. The van der Waals surface area contributed by atoms with Gasteiger partial charge in [-0.3, -0.25) is 4.79 Å². The second-order valence-electron chi connectivity index (χ2n) is 3.40. The number of carboxylic acids is 1. The van der Waals surface area contributed by atoms with Crippen molar-refractivity contribution in [3.8, 4) is 6.07 Å². The largest absolute Gasteiger partial charge is 0.480 e. The molecule has 0 bridgehead atoms. The number of hydrogen-bond donors (Lipinski definition) is 2. The Kier molecular flexibility index (Phi) is 7.46. The summed E-state index contributed by atoms with van der Waals surface area (Å²) in [5.74, 6) is -1.11. The number of nitriles is 1. The zero-order valence-electron chi connectivity index (χ0n) is 9.97. The van der Waals surface area contributed by atoms with Crippen LogP contribution in [0.3, 0.4) is 0 Å². The maximum atomic E-state index is 11.7. The van der Waals surface area contributed by atoms with Gasteiger partial charge in [-0.15, -0.1) is 0 Å². The van der Waals surface area contributed by atoms with Crippen LogP contribution in [0.1, 0.15) is 13.3 Å². The smallest absolute Gasteiger partial charge is 0.325 e. The van der Waals surface area contributed by atoms with E-state index in [4.69, 9.17) is 15.1 Å². The molecule has 0 unspecified atom stereocenters. The summed E-state index contributed by atoms with van der Waals surface area (Å²) in [6, 6.07) is 0.456. The number of aliphatic carboxylic acids is 1. The lowest BCUT2D eigenvalue weighted by Crippen LogP contribution is -2.47. The maximum Gasteiger partial charge on any atom is 0.325 e. The number of hydrogen-bond acceptors (Lipinski definition) is 4. The first-order valence-corrected chi connectivity index (χ1v) is 5.17. The van der Waals surface area contributed by atoms with Crippen LogP contribution < -0.4 is 5.32 Å². The number of carbonyl (C=O) groups is 2. The molecule has 0 aromatic carbocycles. The summed E-state index contributed by atoms with van der Waals surface area (Å²) in [5.41, 5.74) is 0. The molecule has 0 aromatic heterocycles. The number of urea groups is 1. The van der Waals surface area contributed by atoms with Gasteiger partial charge in [0.2, 0.25) is 0 Å².